The Bertz CT molecular complexity index is 448. The van der Waals surface area contributed by atoms with Crippen molar-refractivity contribution in [2.75, 3.05) is 20.2 Å². The summed E-state index contributed by atoms with van der Waals surface area (Å²) in [6.07, 6.45) is 4.38. The molecule has 0 unspecified atom stereocenters. The summed E-state index contributed by atoms with van der Waals surface area (Å²) >= 11 is 0. The minimum absolute atomic E-state index is 0. The van der Waals surface area contributed by atoms with E-state index >= 15 is 0 Å². The molecule has 0 spiro atoms. The Balaban J connectivity index is 0.00000484. The molecule has 132 valence electrons. The number of carbonyl (C=O) groups excluding carboxylic acids is 3. The molecule has 1 rings (SSSR count). The van der Waals surface area contributed by atoms with Crippen molar-refractivity contribution >= 4 is 17.8 Å². The van der Waals surface area contributed by atoms with Gasteiger partial charge in [0.15, 0.2) is 5.78 Å². The van der Waals surface area contributed by atoms with Crippen LogP contribution in [0.5, 0.6) is 0 Å². The molecular formula is C17H30N2O4. The monoisotopic (exact) mass is 326 g/mol. The maximum absolute atomic E-state index is 12.4. The molecule has 0 radical (unpaired) electrons. The quantitative estimate of drug-likeness (QED) is 0.791. The Morgan fingerprint density at radius 2 is 2.00 bits per heavy atom. The third-order valence-electron chi connectivity index (χ3n) is 4.04. The molecule has 1 aliphatic rings. The number of cyclic esters (lactones) is 1. The van der Waals surface area contributed by atoms with Crippen molar-refractivity contribution in [1.82, 2.24) is 10.2 Å². The van der Waals surface area contributed by atoms with Gasteiger partial charge in [-0.05, 0) is 32.6 Å². The summed E-state index contributed by atoms with van der Waals surface area (Å²) in [6, 6.07) is -0.573. The first-order valence-electron chi connectivity index (χ1n) is 7.68. The number of nitrogens with one attached hydrogen (secondary N) is 1. The Morgan fingerprint density at radius 3 is 2.57 bits per heavy atom. The number of ketones is 1. The second kappa shape index (κ2) is 10.0. The smallest absolute Gasteiger partial charge is 0.409 e. The van der Waals surface area contributed by atoms with Crippen LogP contribution in [0.25, 0.3) is 0 Å². The Hall–Kier alpha value is -1.85. The highest BCUT2D eigenvalue weighted by atomic mass is 16.6. The molecule has 2 amide bonds. The zero-order valence-corrected chi connectivity index (χ0v) is 13.8. The van der Waals surface area contributed by atoms with Gasteiger partial charge in [0.2, 0.25) is 5.91 Å². The van der Waals surface area contributed by atoms with E-state index in [9.17, 15) is 14.4 Å². The third kappa shape index (κ3) is 6.42. The van der Waals surface area contributed by atoms with Gasteiger partial charge in [-0.25, -0.2) is 4.79 Å². The summed E-state index contributed by atoms with van der Waals surface area (Å²) in [5.41, 5.74) is 0. The van der Waals surface area contributed by atoms with Crippen molar-refractivity contribution in [3.05, 3.63) is 12.2 Å². The van der Waals surface area contributed by atoms with E-state index in [4.69, 9.17) is 4.74 Å². The lowest BCUT2D eigenvalue weighted by molar-refractivity contribution is -0.130. The molecule has 6 heteroatoms. The van der Waals surface area contributed by atoms with Crippen LogP contribution in [-0.4, -0.2) is 48.9 Å². The van der Waals surface area contributed by atoms with Gasteiger partial charge in [0.25, 0.3) is 0 Å². The van der Waals surface area contributed by atoms with Gasteiger partial charge < -0.3 is 15.0 Å². The molecule has 1 saturated heterocycles. The molecular weight excluding hydrogens is 296 g/mol. The zero-order valence-electron chi connectivity index (χ0n) is 13.8. The fourth-order valence-electron chi connectivity index (χ4n) is 2.44. The number of allylic oxidation sites excluding steroid dienone is 2. The third-order valence-corrected chi connectivity index (χ3v) is 4.04. The number of nitrogens with zero attached hydrogens (tertiary/aromatic N) is 1. The van der Waals surface area contributed by atoms with Crippen LogP contribution >= 0.6 is 0 Å². The van der Waals surface area contributed by atoms with Crippen LogP contribution in [0.2, 0.25) is 0 Å². The van der Waals surface area contributed by atoms with Crippen molar-refractivity contribution in [2.45, 2.75) is 47.1 Å². The van der Waals surface area contributed by atoms with Crippen molar-refractivity contribution in [3.8, 4) is 0 Å². The van der Waals surface area contributed by atoms with Gasteiger partial charge in [-0.2, -0.15) is 0 Å². The molecule has 3 atom stereocenters. The normalized spacial score (nSPS) is 27.3. The number of Topliss-reactive ketones (excluding diaryl/α,β-unsaturated/α-hetero) is 1. The Morgan fingerprint density at radius 1 is 1.35 bits per heavy atom. The van der Waals surface area contributed by atoms with Crippen molar-refractivity contribution < 1.29 is 19.1 Å². The summed E-state index contributed by atoms with van der Waals surface area (Å²) in [5.74, 6) is -0.566. The first-order valence-corrected chi connectivity index (χ1v) is 7.68. The minimum Gasteiger partial charge on any atom is -0.449 e. The standard InChI is InChI=1S/C16H26N2O4.CH4/c1-5-6-13-8-10-22-16(21)18(4)9-7-14(12(3)19)17-15(20)11(13)2;/h5-6,11,13-14H,7-10H2,1-4H3,(H,17,20);1H4/b6-5+;/t11-,13+,14+;/m1./s1. The predicted octanol–water partition coefficient (Wildman–Crippen LogP) is 2.39. The summed E-state index contributed by atoms with van der Waals surface area (Å²) in [4.78, 5) is 37.3. The van der Waals surface area contributed by atoms with E-state index in [2.05, 4.69) is 5.32 Å². The van der Waals surface area contributed by atoms with Crippen LogP contribution in [0.1, 0.15) is 41.0 Å². The molecule has 0 aromatic rings. The average molecular weight is 326 g/mol. The minimum atomic E-state index is -0.573. The second-order valence-corrected chi connectivity index (χ2v) is 5.76. The van der Waals surface area contributed by atoms with Gasteiger partial charge in [0, 0.05) is 19.5 Å². The van der Waals surface area contributed by atoms with Crippen LogP contribution < -0.4 is 5.32 Å². The number of amides is 2. The highest BCUT2D eigenvalue weighted by Gasteiger charge is 2.27. The Kier molecular flexibility index (Phi) is 9.22. The second-order valence-electron chi connectivity index (χ2n) is 5.76. The van der Waals surface area contributed by atoms with Gasteiger partial charge in [0.1, 0.15) is 0 Å². The van der Waals surface area contributed by atoms with E-state index in [0.717, 1.165) is 0 Å². The lowest BCUT2D eigenvalue weighted by Gasteiger charge is -2.26. The zero-order chi connectivity index (χ0) is 16.7. The van der Waals surface area contributed by atoms with Crippen LogP contribution in [0, 0.1) is 11.8 Å². The van der Waals surface area contributed by atoms with Crippen molar-refractivity contribution in [3.63, 3.8) is 0 Å². The molecule has 1 aliphatic heterocycles. The number of hydrogen-bond donors (Lipinski definition) is 1. The van der Waals surface area contributed by atoms with Gasteiger partial charge in [-0.3, -0.25) is 9.59 Å². The summed E-state index contributed by atoms with van der Waals surface area (Å²) in [6.45, 7) is 5.79. The summed E-state index contributed by atoms with van der Waals surface area (Å²) in [7, 11) is 1.62. The van der Waals surface area contributed by atoms with Crippen LogP contribution in [-0.2, 0) is 14.3 Å². The SMILES string of the molecule is C.C/C=C/[C@H]1CCOC(=O)N(C)CC[C@@H](C(C)=O)NC(=O)[C@@H]1C. The molecule has 1 fully saturated rings. The molecule has 0 saturated carbocycles. The van der Waals surface area contributed by atoms with E-state index in [1.807, 2.05) is 26.0 Å². The van der Waals surface area contributed by atoms with E-state index in [1.54, 1.807) is 7.05 Å². The molecule has 1 N–H and O–H groups in total. The first kappa shape index (κ1) is 21.1. The molecule has 0 aliphatic carbocycles. The van der Waals surface area contributed by atoms with Gasteiger partial charge >= 0.3 is 6.09 Å². The molecule has 6 nitrogen and oxygen atoms in total. The lowest BCUT2D eigenvalue weighted by atomic mass is 9.89. The number of ether oxygens (including phenoxy) is 1. The van der Waals surface area contributed by atoms with Crippen LogP contribution in [0.15, 0.2) is 12.2 Å². The van der Waals surface area contributed by atoms with E-state index in [-0.39, 0.29) is 37.6 Å². The maximum Gasteiger partial charge on any atom is 0.409 e. The maximum atomic E-state index is 12.4. The summed E-state index contributed by atoms with van der Waals surface area (Å²) < 4.78 is 5.22. The van der Waals surface area contributed by atoms with Crippen molar-refractivity contribution in [2.24, 2.45) is 11.8 Å². The van der Waals surface area contributed by atoms with Crippen molar-refractivity contribution in [1.29, 1.82) is 0 Å². The fraction of sp³-hybridized carbons (Fsp3) is 0.706. The molecule has 23 heavy (non-hydrogen) atoms. The van der Waals surface area contributed by atoms with E-state index < -0.39 is 12.1 Å². The molecule has 0 bridgehead atoms. The molecule has 0 aromatic carbocycles. The van der Waals surface area contributed by atoms with Gasteiger partial charge in [0.05, 0.1) is 12.6 Å². The highest BCUT2D eigenvalue weighted by Crippen LogP contribution is 2.19. The largest absolute Gasteiger partial charge is 0.449 e. The fourth-order valence-corrected chi connectivity index (χ4v) is 2.44. The van der Waals surface area contributed by atoms with Crippen LogP contribution in [0.3, 0.4) is 0 Å². The lowest BCUT2D eigenvalue weighted by Crippen LogP contribution is -2.46. The average Bonchev–Trinajstić information content (AvgIpc) is 2.47. The Labute approximate surface area is 139 Å². The topological polar surface area (TPSA) is 75.7 Å². The van der Waals surface area contributed by atoms with Gasteiger partial charge in [-0.15, -0.1) is 0 Å². The first-order chi connectivity index (χ1) is 10.4. The van der Waals surface area contributed by atoms with Crippen LogP contribution in [0.4, 0.5) is 4.79 Å². The number of hydrogen-bond acceptors (Lipinski definition) is 4. The van der Waals surface area contributed by atoms with Gasteiger partial charge in [-0.1, -0.05) is 26.5 Å². The number of carbonyl (C=O) groups is 3. The highest BCUT2D eigenvalue weighted by molar-refractivity contribution is 5.88. The molecule has 1 heterocycles. The number of rotatable bonds is 2. The summed E-state index contributed by atoms with van der Waals surface area (Å²) in [5, 5.41) is 2.81. The molecule has 0 aromatic heterocycles. The predicted molar refractivity (Wildman–Crippen MR) is 90.0 cm³/mol. The van der Waals surface area contributed by atoms with E-state index in [0.29, 0.717) is 19.4 Å². The van der Waals surface area contributed by atoms with E-state index in [1.165, 1.54) is 11.8 Å².